The lowest BCUT2D eigenvalue weighted by Gasteiger charge is -2.19. The van der Waals surface area contributed by atoms with Crippen molar-refractivity contribution in [3.8, 4) is 22.5 Å². The zero-order chi connectivity index (χ0) is 31.5. The molecular weight excluding hydrogens is 548 g/mol. The fourth-order valence-corrected chi connectivity index (χ4v) is 4.69. The van der Waals surface area contributed by atoms with E-state index in [9.17, 15) is 19.5 Å². The average molecular weight is 588 g/mol. The number of hydrogen-bond donors (Lipinski definition) is 3. The minimum Gasteiger partial charge on any atom is -0.478 e. The zero-order valence-corrected chi connectivity index (χ0v) is 25.7. The number of carbonyl (C=O) groups is 3. The molecule has 0 radical (unpaired) electrons. The molecule has 1 aliphatic carbocycles. The maximum atomic E-state index is 13.2. The van der Waals surface area contributed by atoms with Gasteiger partial charge >= 0.3 is 12.1 Å². The van der Waals surface area contributed by atoms with Gasteiger partial charge in [0.25, 0.3) is 5.91 Å². The molecule has 4 rings (SSSR count). The zero-order valence-electron chi connectivity index (χ0n) is 25.7. The Balaban J connectivity index is 1.73. The highest BCUT2D eigenvalue weighted by molar-refractivity contribution is 6.09. The molecule has 226 valence electrons. The molecule has 3 N–H and O–H groups in total. The fourth-order valence-electron chi connectivity index (χ4n) is 4.69. The summed E-state index contributed by atoms with van der Waals surface area (Å²) in [6.07, 6.45) is -0.0275. The summed E-state index contributed by atoms with van der Waals surface area (Å²) in [6.45, 7) is 5.99. The molecule has 0 fully saturated rings. The quantitative estimate of drug-likeness (QED) is 0.156. The predicted octanol–water partition coefficient (Wildman–Crippen LogP) is 4.65. The summed E-state index contributed by atoms with van der Waals surface area (Å²) in [6, 6.07) is 16.1. The number of amides is 2. The summed E-state index contributed by atoms with van der Waals surface area (Å²) < 4.78 is 13.6. The lowest BCUT2D eigenvalue weighted by atomic mass is 9.89. The first-order valence-electron chi connectivity index (χ1n) is 14.1. The van der Waals surface area contributed by atoms with Gasteiger partial charge in [0.15, 0.2) is 0 Å². The van der Waals surface area contributed by atoms with Crippen molar-refractivity contribution in [3.05, 3.63) is 71.1 Å². The number of alkyl carbamates (subject to hydrolysis) is 1. The molecule has 0 saturated heterocycles. The maximum Gasteiger partial charge on any atom is 0.407 e. The molecule has 1 aliphatic heterocycles. The second-order valence-electron chi connectivity index (χ2n) is 11.7. The van der Waals surface area contributed by atoms with E-state index >= 15 is 0 Å². The van der Waals surface area contributed by atoms with E-state index in [0.717, 1.165) is 22.0 Å². The number of anilines is 1. The van der Waals surface area contributed by atoms with E-state index in [1.165, 1.54) is 12.1 Å². The van der Waals surface area contributed by atoms with Crippen molar-refractivity contribution in [2.75, 3.05) is 46.2 Å². The number of carboxylic acid groups (broad SMARTS) is 1. The molecule has 43 heavy (non-hydrogen) atoms. The third kappa shape index (κ3) is 7.32. The van der Waals surface area contributed by atoms with Gasteiger partial charge in [-0.1, -0.05) is 0 Å². The van der Waals surface area contributed by atoms with E-state index in [0.29, 0.717) is 47.5 Å². The standard InChI is InChI=1S/C33H38N4O6/c1-33(2,3)43-32(41)35-16-8-15-34-30(38)20-9-12-23(31(39)40)26(17-20)29-24-13-10-21(36(4)5)18-27(24)42-28-19-22(37(6)7)11-14-25(28)29/h9-14,17-19H,8,15-16H2,1-7H3,(H2-,34,35,38,39,40,41)/p+1. The van der Waals surface area contributed by atoms with Crippen LogP contribution in [-0.4, -0.2) is 70.0 Å². The van der Waals surface area contributed by atoms with Crippen molar-refractivity contribution in [2.24, 2.45) is 0 Å². The molecule has 0 aromatic heterocycles. The first kappa shape index (κ1) is 31.1. The van der Waals surface area contributed by atoms with Crippen molar-refractivity contribution < 1.29 is 28.6 Å². The van der Waals surface area contributed by atoms with Gasteiger partial charge in [0.1, 0.15) is 31.0 Å². The molecule has 1 heterocycles. The van der Waals surface area contributed by atoms with Crippen LogP contribution in [0.15, 0.2) is 59.0 Å². The van der Waals surface area contributed by atoms with Gasteiger partial charge in [0, 0.05) is 67.1 Å². The topological polar surface area (TPSA) is 124 Å². The summed E-state index contributed by atoms with van der Waals surface area (Å²) in [7, 11) is 7.74. The highest BCUT2D eigenvalue weighted by Gasteiger charge is 2.24. The van der Waals surface area contributed by atoms with E-state index in [1.54, 1.807) is 26.8 Å². The van der Waals surface area contributed by atoms with Gasteiger partial charge in [-0.15, -0.1) is 0 Å². The highest BCUT2D eigenvalue weighted by Crippen LogP contribution is 2.42. The molecular formula is C33H39N4O6+. The van der Waals surface area contributed by atoms with Crippen LogP contribution in [-0.2, 0) is 4.74 Å². The first-order valence-corrected chi connectivity index (χ1v) is 14.1. The molecule has 10 nitrogen and oxygen atoms in total. The molecule has 2 aliphatic rings. The van der Waals surface area contributed by atoms with Gasteiger partial charge in [0.2, 0.25) is 5.36 Å². The number of ether oxygens (including phenoxy) is 1. The molecule has 0 atom stereocenters. The number of hydrogen-bond acceptors (Lipinski definition) is 6. The van der Waals surface area contributed by atoms with Gasteiger partial charge in [-0.3, -0.25) is 4.79 Å². The number of fused-ring (bicyclic) bond motifs is 2. The molecule has 10 heteroatoms. The van der Waals surface area contributed by atoms with Crippen LogP contribution in [0.4, 0.5) is 10.5 Å². The van der Waals surface area contributed by atoms with Gasteiger partial charge < -0.3 is 29.8 Å². The SMILES string of the molecule is CN(C)c1ccc2c(-c3cc(C(=O)NCCCNC(=O)OC(C)(C)C)ccc3C(=O)O)c3ccc(=[N+](C)C)cc-3oc2c1. The molecule has 0 saturated carbocycles. The molecule has 2 aromatic rings. The van der Waals surface area contributed by atoms with Gasteiger partial charge in [-0.2, -0.15) is 0 Å². The Morgan fingerprint density at radius 3 is 2.30 bits per heavy atom. The Morgan fingerprint density at radius 1 is 0.930 bits per heavy atom. The van der Waals surface area contributed by atoms with Crippen molar-refractivity contribution in [3.63, 3.8) is 0 Å². The number of nitrogens with zero attached hydrogens (tertiary/aromatic N) is 2. The van der Waals surface area contributed by atoms with Crippen molar-refractivity contribution in [1.82, 2.24) is 15.2 Å². The molecule has 0 spiro atoms. The number of benzene rings is 3. The number of aromatic carboxylic acids is 1. The molecule has 2 amide bonds. The van der Waals surface area contributed by atoms with E-state index in [-0.39, 0.29) is 11.5 Å². The van der Waals surface area contributed by atoms with Crippen LogP contribution in [0.2, 0.25) is 0 Å². The van der Waals surface area contributed by atoms with Crippen molar-refractivity contribution in [1.29, 1.82) is 0 Å². The van der Waals surface area contributed by atoms with E-state index < -0.39 is 17.7 Å². The van der Waals surface area contributed by atoms with Crippen LogP contribution >= 0.6 is 0 Å². The number of carboxylic acids is 1. The van der Waals surface area contributed by atoms with E-state index in [2.05, 4.69) is 10.6 Å². The second kappa shape index (κ2) is 12.6. The predicted molar refractivity (Wildman–Crippen MR) is 168 cm³/mol. The highest BCUT2D eigenvalue weighted by atomic mass is 16.6. The minimum atomic E-state index is -1.10. The Labute approximate surface area is 250 Å². The summed E-state index contributed by atoms with van der Waals surface area (Å²) in [5, 5.41) is 17.3. The Morgan fingerprint density at radius 2 is 1.65 bits per heavy atom. The van der Waals surface area contributed by atoms with Crippen molar-refractivity contribution >= 4 is 34.6 Å². The van der Waals surface area contributed by atoms with Crippen LogP contribution in [0.1, 0.15) is 47.9 Å². The van der Waals surface area contributed by atoms with Gasteiger partial charge in [-0.25, -0.2) is 14.2 Å². The van der Waals surface area contributed by atoms with Crippen LogP contribution in [0.25, 0.3) is 33.4 Å². The number of rotatable bonds is 8. The smallest absolute Gasteiger partial charge is 0.407 e. The van der Waals surface area contributed by atoms with Gasteiger partial charge in [-0.05, 0) is 69.2 Å². The third-order valence-corrected chi connectivity index (χ3v) is 6.81. The summed E-state index contributed by atoms with van der Waals surface area (Å²) in [5.41, 5.74) is 3.12. The Hall–Kier alpha value is -4.86. The minimum absolute atomic E-state index is 0.0697. The summed E-state index contributed by atoms with van der Waals surface area (Å²) >= 11 is 0. The van der Waals surface area contributed by atoms with Crippen LogP contribution in [0.5, 0.6) is 0 Å². The summed E-state index contributed by atoms with van der Waals surface area (Å²) in [4.78, 5) is 39.4. The van der Waals surface area contributed by atoms with Crippen LogP contribution < -0.4 is 25.5 Å². The van der Waals surface area contributed by atoms with E-state index in [4.69, 9.17) is 9.15 Å². The second-order valence-corrected chi connectivity index (χ2v) is 11.7. The Kier molecular flexibility index (Phi) is 9.08. The summed E-state index contributed by atoms with van der Waals surface area (Å²) in [5.74, 6) is -0.866. The fraction of sp³-hybridized carbons (Fsp3) is 0.333. The Bertz CT molecular complexity index is 1730. The average Bonchev–Trinajstić information content (AvgIpc) is 2.93. The monoisotopic (exact) mass is 587 g/mol. The first-order chi connectivity index (χ1) is 20.2. The molecule has 0 unspecified atom stereocenters. The van der Waals surface area contributed by atoms with Crippen LogP contribution in [0.3, 0.4) is 0 Å². The van der Waals surface area contributed by atoms with E-state index in [1.807, 2.05) is 74.1 Å². The lowest BCUT2D eigenvalue weighted by Crippen LogP contribution is -2.34. The number of nitrogens with one attached hydrogen (secondary N) is 2. The van der Waals surface area contributed by atoms with Crippen molar-refractivity contribution in [2.45, 2.75) is 32.8 Å². The normalized spacial score (nSPS) is 11.3. The lowest BCUT2D eigenvalue weighted by molar-refractivity contribution is 0.0526. The third-order valence-electron chi connectivity index (χ3n) is 6.81. The maximum absolute atomic E-state index is 13.2. The molecule has 0 bridgehead atoms. The largest absolute Gasteiger partial charge is 0.478 e. The molecule has 2 aromatic carbocycles. The van der Waals surface area contributed by atoms with Crippen LogP contribution in [0, 0.1) is 0 Å². The van der Waals surface area contributed by atoms with Gasteiger partial charge in [0.05, 0.1) is 11.6 Å². The number of carbonyl (C=O) groups excluding carboxylic acids is 2.